The summed E-state index contributed by atoms with van der Waals surface area (Å²) < 4.78 is 0. The molecule has 0 unspecified atom stereocenters. The molecule has 1 aliphatic heterocycles. The second-order valence-corrected chi connectivity index (χ2v) is 2.90. The summed E-state index contributed by atoms with van der Waals surface area (Å²) in [4.78, 5) is 2.43. The maximum Gasteiger partial charge on any atom is 0.00593 e. The molecule has 0 aromatic rings. The Hall–Kier alpha value is -0.300. The lowest BCUT2D eigenvalue weighted by Gasteiger charge is -2.38. The second kappa shape index (κ2) is 2.53. The molecule has 1 heteroatoms. The van der Waals surface area contributed by atoms with Crippen molar-refractivity contribution < 1.29 is 0 Å². The van der Waals surface area contributed by atoms with Gasteiger partial charge in [-0.05, 0) is 13.5 Å². The summed E-state index contributed by atoms with van der Waals surface area (Å²) in [6, 6.07) is 0. The fraction of sp³-hybridized carbons (Fsp3) is 0.750. The summed E-state index contributed by atoms with van der Waals surface area (Å²) in [6.45, 7) is 11.9. The van der Waals surface area contributed by atoms with Gasteiger partial charge in [-0.15, -0.1) is 0 Å². The minimum Gasteiger partial charge on any atom is -0.302 e. The summed E-state index contributed by atoms with van der Waals surface area (Å²) in [7, 11) is 0. The third kappa shape index (κ3) is 1.33. The molecule has 0 N–H and O–H groups in total. The fourth-order valence-electron chi connectivity index (χ4n) is 1.14. The lowest BCUT2D eigenvalue weighted by atomic mass is 9.94. The van der Waals surface area contributed by atoms with E-state index in [0.29, 0.717) is 0 Å². The number of likely N-dealkylation sites (tertiary alicyclic amines) is 1. The molecule has 1 rings (SSSR count). The number of hydrogen-bond donors (Lipinski definition) is 0. The zero-order valence-corrected chi connectivity index (χ0v) is 6.35. The van der Waals surface area contributed by atoms with E-state index < -0.39 is 0 Å². The van der Waals surface area contributed by atoms with E-state index >= 15 is 0 Å². The topological polar surface area (TPSA) is 3.24 Å². The van der Waals surface area contributed by atoms with Crippen molar-refractivity contribution in [2.24, 2.45) is 5.92 Å². The van der Waals surface area contributed by atoms with Gasteiger partial charge >= 0.3 is 0 Å². The summed E-state index contributed by atoms with van der Waals surface area (Å²) in [5.41, 5.74) is 1.35. The Balaban J connectivity index is 2.19. The zero-order chi connectivity index (χ0) is 6.85. The normalized spacial score (nSPS) is 21.6. The van der Waals surface area contributed by atoms with Crippen LogP contribution in [0.25, 0.3) is 0 Å². The van der Waals surface area contributed by atoms with Crippen molar-refractivity contribution in [3.8, 4) is 0 Å². The van der Waals surface area contributed by atoms with Crippen LogP contribution in [-0.2, 0) is 0 Å². The van der Waals surface area contributed by atoms with Crippen molar-refractivity contribution in [2.45, 2.75) is 13.8 Å². The molecule has 0 saturated carbocycles. The first-order valence-corrected chi connectivity index (χ1v) is 3.61. The average molecular weight is 125 g/mol. The molecule has 1 heterocycles. The third-order valence-electron chi connectivity index (χ3n) is 2.10. The number of hydrogen-bond acceptors (Lipinski definition) is 1. The van der Waals surface area contributed by atoms with Crippen LogP contribution in [0.15, 0.2) is 12.2 Å². The number of rotatable bonds is 2. The predicted molar refractivity (Wildman–Crippen MR) is 40.4 cm³/mol. The Morgan fingerprint density at radius 3 is 2.56 bits per heavy atom. The van der Waals surface area contributed by atoms with Crippen molar-refractivity contribution >= 4 is 0 Å². The quantitative estimate of drug-likeness (QED) is 0.506. The Morgan fingerprint density at radius 2 is 2.22 bits per heavy atom. The van der Waals surface area contributed by atoms with Gasteiger partial charge in [-0.2, -0.15) is 0 Å². The van der Waals surface area contributed by atoms with Gasteiger partial charge in [-0.25, -0.2) is 0 Å². The van der Waals surface area contributed by atoms with Gasteiger partial charge < -0.3 is 4.90 Å². The molecule has 0 aromatic carbocycles. The molecule has 0 spiro atoms. The Bertz CT molecular complexity index is 112. The van der Waals surface area contributed by atoms with Crippen LogP contribution in [0.4, 0.5) is 0 Å². The van der Waals surface area contributed by atoms with Gasteiger partial charge in [0.1, 0.15) is 0 Å². The smallest absolute Gasteiger partial charge is 0.00593 e. The molecule has 0 bridgehead atoms. The number of nitrogens with zero attached hydrogens (tertiary/aromatic N) is 1. The molecular weight excluding hydrogens is 110 g/mol. The largest absolute Gasteiger partial charge is 0.302 e. The van der Waals surface area contributed by atoms with Crippen molar-refractivity contribution in [1.29, 1.82) is 0 Å². The molecular formula is C8H15N. The molecule has 0 aromatic heterocycles. The van der Waals surface area contributed by atoms with Gasteiger partial charge in [0.25, 0.3) is 0 Å². The van der Waals surface area contributed by atoms with Crippen LogP contribution in [-0.4, -0.2) is 24.5 Å². The highest BCUT2D eigenvalue weighted by Crippen LogP contribution is 2.20. The summed E-state index contributed by atoms with van der Waals surface area (Å²) >= 11 is 0. The Kier molecular flexibility index (Phi) is 1.91. The van der Waals surface area contributed by atoms with E-state index in [-0.39, 0.29) is 0 Å². The highest BCUT2D eigenvalue weighted by molar-refractivity contribution is 5.03. The van der Waals surface area contributed by atoms with E-state index in [9.17, 15) is 0 Å². The van der Waals surface area contributed by atoms with Gasteiger partial charge in [0, 0.05) is 19.0 Å². The molecule has 1 aliphatic rings. The Labute approximate surface area is 57.4 Å². The molecule has 0 amide bonds. The minimum absolute atomic E-state index is 0.796. The van der Waals surface area contributed by atoms with Crippen LogP contribution >= 0.6 is 0 Å². The van der Waals surface area contributed by atoms with Crippen LogP contribution in [0.5, 0.6) is 0 Å². The van der Waals surface area contributed by atoms with Gasteiger partial charge in [0.15, 0.2) is 0 Å². The first-order valence-electron chi connectivity index (χ1n) is 3.61. The highest BCUT2D eigenvalue weighted by Gasteiger charge is 2.24. The van der Waals surface area contributed by atoms with Crippen LogP contribution in [0.3, 0.4) is 0 Å². The van der Waals surface area contributed by atoms with E-state index in [1.54, 1.807) is 0 Å². The maximum atomic E-state index is 3.92. The molecule has 0 radical (unpaired) electrons. The molecule has 0 atom stereocenters. The first-order chi connectivity index (χ1) is 4.24. The van der Waals surface area contributed by atoms with E-state index in [1.165, 1.54) is 25.2 Å². The van der Waals surface area contributed by atoms with Crippen LogP contribution in [0.1, 0.15) is 13.8 Å². The summed E-state index contributed by atoms with van der Waals surface area (Å²) in [6.07, 6.45) is 0. The van der Waals surface area contributed by atoms with Crippen molar-refractivity contribution in [3.05, 3.63) is 12.2 Å². The van der Waals surface area contributed by atoms with Crippen molar-refractivity contribution in [3.63, 3.8) is 0 Å². The second-order valence-electron chi connectivity index (χ2n) is 2.90. The molecule has 52 valence electrons. The van der Waals surface area contributed by atoms with E-state index in [4.69, 9.17) is 0 Å². The lowest BCUT2D eigenvalue weighted by Crippen LogP contribution is -2.46. The standard InChI is InChI=1S/C8H15N/c1-4-9-5-8(6-9)7(2)3/h8H,2,4-6H2,1,3H3. The Morgan fingerprint density at radius 1 is 1.67 bits per heavy atom. The molecule has 1 nitrogen and oxygen atoms in total. The SMILES string of the molecule is C=C(C)C1CN(CC)C1. The van der Waals surface area contributed by atoms with E-state index in [1.807, 2.05) is 0 Å². The van der Waals surface area contributed by atoms with E-state index in [0.717, 1.165) is 5.92 Å². The van der Waals surface area contributed by atoms with E-state index in [2.05, 4.69) is 25.3 Å². The summed E-state index contributed by atoms with van der Waals surface area (Å²) in [5, 5.41) is 0. The van der Waals surface area contributed by atoms with Crippen molar-refractivity contribution in [2.75, 3.05) is 19.6 Å². The molecule has 1 saturated heterocycles. The lowest BCUT2D eigenvalue weighted by molar-refractivity contribution is 0.132. The van der Waals surface area contributed by atoms with Crippen LogP contribution < -0.4 is 0 Å². The third-order valence-corrected chi connectivity index (χ3v) is 2.10. The van der Waals surface area contributed by atoms with Gasteiger partial charge in [0.05, 0.1) is 0 Å². The maximum absolute atomic E-state index is 3.92. The van der Waals surface area contributed by atoms with Crippen molar-refractivity contribution in [1.82, 2.24) is 4.90 Å². The van der Waals surface area contributed by atoms with Gasteiger partial charge in [-0.3, -0.25) is 0 Å². The fourth-order valence-corrected chi connectivity index (χ4v) is 1.14. The minimum atomic E-state index is 0.796. The van der Waals surface area contributed by atoms with Crippen LogP contribution in [0, 0.1) is 5.92 Å². The monoisotopic (exact) mass is 125 g/mol. The molecule has 1 fully saturated rings. The van der Waals surface area contributed by atoms with Crippen LogP contribution in [0.2, 0.25) is 0 Å². The van der Waals surface area contributed by atoms with Gasteiger partial charge in [0.2, 0.25) is 0 Å². The zero-order valence-electron chi connectivity index (χ0n) is 6.35. The predicted octanol–water partition coefficient (Wildman–Crippen LogP) is 1.51. The summed E-state index contributed by atoms with van der Waals surface area (Å²) in [5.74, 6) is 0.796. The molecule has 0 aliphatic carbocycles. The first kappa shape index (κ1) is 6.81. The van der Waals surface area contributed by atoms with Gasteiger partial charge in [-0.1, -0.05) is 19.1 Å². The molecule has 9 heavy (non-hydrogen) atoms. The highest BCUT2D eigenvalue weighted by atomic mass is 15.2. The average Bonchev–Trinajstić information content (AvgIpc) is 1.61.